The molecule has 1 saturated heterocycles. The Morgan fingerprint density at radius 3 is 2.37 bits per heavy atom. The maximum absolute atomic E-state index is 12.4. The first-order chi connectivity index (χ1) is 12.6. The summed E-state index contributed by atoms with van der Waals surface area (Å²) in [6, 6.07) is 7.93. The first kappa shape index (κ1) is 21.7. The van der Waals surface area contributed by atoms with Crippen LogP contribution in [0, 0.1) is 0 Å². The Bertz CT molecular complexity index is 652. The summed E-state index contributed by atoms with van der Waals surface area (Å²) in [6.45, 7) is 10.6. The summed E-state index contributed by atoms with van der Waals surface area (Å²) in [4.78, 5) is 30.4. The van der Waals surface area contributed by atoms with Crippen LogP contribution in [0.3, 0.4) is 0 Å². The van der Waals surface area contributed by atoms with Crippen molar-refractivity contribution in [2.75, 3.05) is 46.3 Å². The first-order valence-electron chi connectivity index (χ1n) is 9.36. The molecule has 1 aliphatic heterocycles. The number of hydrogen-bond acceptors (Lipinski definition) is 4. The van der Waals surface area contributed by atoms with Crippen molar-refractivity contribution in [2.45, 2.75) is 32.9 Å². The van der Waals surface area contributed by atoms with Crippen molar-refractivity contribution in [3.05, 3.63) is 34.9 Å². The molecule has 6 nitrogen and oxygen atoms in total. The molecule has 27 heavy (non-hydrogen) atoms. The van der Waals surface area contributed by atoms with Gasteiger partial charge in [0, 0.05) is 50.3 Å². The Labute approximate surface area is 167 Å². The van der Waals surface area contributed by atoms with Crippen LogP contribution in [-0.2, 0) is 16.1 Å². The van der Waals surface area contributed by atoms with Gasteiger partial charge in [0.15, 0.2) is 0 Å². The molecular weight excluding hydrogens is 364 g/mol. The van der Waals surface area contributed by atoms with Gasteiger partial charge in [-0.25, -0.2) is 0 Å². The third-order valence-corrected chi connectivity index (χ3v) is 4.68. The monoisotopic (exact) mass is 394 g/mol. The SMILES string of the molecule is CN(CC(=O)NC(C)(C)C)C(=O)CN1CCN(Cc2cccc(Cl)c2)CC1. The lowest BCUT2D eigenvalue weighted by atomic mass is 10.1. The van der Waals surface area contributed by atoms with Crippen LogP contribution in [0.2, 0.25) is 5.02 Å². The van der Waals surface area contributed by atoms with E-state index in [1.165, 1.54) is 10.5 Å². The van der Waals surface area contributed by atoms with Gasteiger partial charge in [0.25, 0.3) is 0 Å². The van der Waals surface area contributed by atoms with E-state index in [2.05, 4.69) is 21.2 Å². The zero-order valence-electron chi connectivity index (χ0n) is 16.8. The smallest absolute Gasteiger partial charge is 0.240 e. The minimum absolute atomic E-state index is 0.0256. The highest BCUT2D eigenvalue weighted by Gasteiger charge is 2.22. The van der Waals surface area contributed by atoms with Crippen LogP contribution in [0.1, 0.15) is 26.3 Å². The minimum atomic E-state index is -0.291. The average Bonchev–Trinajstić information content (AvgIpc) is 2.54. The summed E-state index contributed by atoms with van der Waals surface area (Å²) < 4.78 is 0. The number of piperazine rings is 1. The summed E-state index contributed by atoms with van der Waals surface area (Å²) in [5, 5.41) is 3.64. The van der Waals surface area contributed by atoms with Gasteiger partial charge in [0.2, 0.25) is 11.8 Å². The van der Waals surface area contributed by atoms with E-state index in [-0.39, 0.29) is 23.9 Å². The second kappa shape index (κ2) is 9.53. The molecule has 0 radical (unpaired) electrons. The molecule has 0 spiro atoms. The number of nitrogens with one attached hydrogen (secondary N) is 1. The van der Waals surface area contributed by atoms with Gasteiger partial charge >= 0.3 is 0 Å². The lowest BCUT2D eigenvalue weighted by molar-refractivity contribution is -0.136. The van der Waals surface area contributed by atoms with Gasteiger partial charge < -0.3 is 10.2 Å². The largest absolute Gasteiger partial charge is 0.350 e. The molecule has 2 rings (SSSR count). The fourth-order valence-electron chi connectivity index (χ4n) is 3.07. The predicted molar refractivity (Wildman–Crippen MR) is 109 cm³/mol. The third-order valence-electron chi connectivity index (χ3n) is 4.44. The average molecular weight is 395 g/mol. The molecule has 1 N–H and O–H groups in total. The molecule has 2 amide bonds. The van der Waals surface area contributed by atoms with Crippen molar-refractivity contribution in [2.24, 2.45) is 0 Å². The molecule has 0 aliphatic carbocycles. The Balaban J connectivity index is 1.73. The van der Waals surface area contributed by atoms with Gasteiger partial charge in [-0.3, -0.25) is 19.4 Å². The van der Waals surface area contributed by atoms with E-state index in [0.717, 1.165) is 37.7 Å². The maximum atomic E-state index is 12.4. The van der Waals surface area contributed by atoms with Gasteiger partial charge in [-0.1, -0.05) is 23.7 Å². The van der Waals surface area contributed by atoms with Crippen molar-refractivity contribution < 1.29 is 9.59 Å². The van der Waals surface area contributed by atoms with Gasteiger partial charge in [0.1, 0.15) is 0 Å². The summed E-state index contributed by atoms with van der Waals surface area (Å²) >= 11 is 6.05. The van der Waals surface area contributed by atoms with Crippen LogP contribution < -0.4 is 5.32 Å². The molecule has 1 heterocycles. The van der Waals surface area contributed by atoms with Gasteiger partial charge in [-0.15, -0.1) is 0 Å². The van der Waals surface area contributed by atoms with Crippen molar-refractivity contribution in [1.82, 2.24) is 20.0 Å². The fourth-order valence-corrected chi connectivity index (χ4v) is 3.29. The van der Waals surface area contributed by atoms with Crippen LogP contribution in [0.15, 0.2) is 24.3 Å². The molecule has 1 fully saturated rings. The lowest BCUT2D eigenvalue weighted by Crippen LogP contribution is -2.51. The van der Waals surface area contributed by atoms with Gasteiger partial charge in [0.05, 0.1) is 13.1 Å². The molecule has 7 heteroatoms. The number of halogens is 1. The molecule has 0 saturated carbocycles. The standard InChI is InChI=1S/C20H31ClN4O2/c1-20(2,3)22-18(26)14-23(4)19(27)15-25-10-8-24(9-11-25)13-16-6-5-7-17(21)12-16/h5-7,12H,8-11,13-15H2,1-4H3,(H,22,26). The molecule has 0 aromatic heterocycles. The summed E-state index contributed by atoms with van der Waals surface area (Å²) in [7, 11) is 1.68. The number of hydrogen-bond donors (Lipinski definition) is 1. The number of benzene rings is 1. The van der Waals surface area contributed by atoms with E-state index in [4.69, 9.17) is 11.6 Å². The topological polar surface area (TPSA) is 55.9 Å². The highest BCUT2D eigenvalue weighted by atomic mass is 35.5. The highest BCUT2D eigenvalue weighted by Crippen LogP contribution is 2.14. The molecule has 1 aromatic rings. The van der Waals surface area contributed by atoms with E-state index in [9.17, 15) is 9.59 Å². The van der Waals surface area contributed by atoms with E-state index < -0.39 is 0 Å². The van der Waals surface area contributed by atoms with E-state index in [1.807, 2.05) is 39.0 Å². The number of likely N-dealkylation sites (N-methyl/N-ethyl adjacent to an activating group) is 1. The van der Waals surface area contributed by atoms with Crippen molar-refractivity contribution in [1.29, 1.82) is 0 Å². The van der Waals surface area contributed by atoms with Crippen LogP contribution in [0.25, 0.3) is 0 Å². The summed E-state index contributed by atoms with van der Waals surface area (Å²) in [5.41, 5.74) is 0.914. The van der Waals surface area contributed by atoms with Gasteiger partial charge in [-0.05, 0) is 38.5 Å². The summed E-state index contributed by atoms with van der Waals surface area (Å²) in [5.74, 6) is -0.160. The molecule has 1 aromatic carbocycles. The second-order valence-corrected chi connectivity index (χ2v) is 8.67. The molecule has 1 aliphatic rings. The number of amides is 2. The Hall–Kier alpha value is -1.63. The first-order valence-corrected chi connectivity index (χ1v) is 9.74. The number of carbonyl (C=O) groups excluding carboxylic acids is 2. The van der Waals surface area contributed by atoms with E-state index in [0.29, 0.717) is 6.54 Å². The number of carbonyl (C=O) groups is 2. The minimum Gasteiger partial charge on any atom is -0.350 e. The quantitative estimate of drug-likeness (QED) is 0.799. The van der Waals surface area contributed by atoms with Crippen LogP contribution in [0.5, 0.6) is 0 Å². The Kier molecular flexibility index (Phi) is 7.65. The zero-order valence-corrected chi connectivity index (χ0v) is 17.6. The van der Waals surface area contributed by atoms with Crippen molar-refractivity contribution >= 4 is 23.4 Å². The fraction of sp³-hybridized carbons (Fsp3) is 0.600. The lowest BCUT2D eigenvalue weighted by Gasteiger charge is -2.35. The van der Waals surface area contributed by atoms with Crippen LogP contribution in [-0.4, -0.2) is 78.4 Å². The molecule has 0 atom stereocenters. The second-order valence-electron chi connectivity index (χ2n) is 8.23. The van der Waals surface area contributed by atoms with Crippen LogP contribution in [0.4, 0.5) is 0 Å². The predicted octanol–water partition coefficient (Wildman–Crippen LogP) is 1.83. The maximum Gasteiger partial charge on any atom is 0.240 e. The molecule has 0 unspecified atom stereocenters. The summed E-state index contributed by atoms with van der Waals surface area (Å²) in [6.07, 6.45) is 0. The third kappa shape index (κ3) is 7.87. The Morgan fingerprint density at radius 2 is 1.78 bits per heavy atom. The Morgan fingerprint density at radius 1 is 1.15 bits per heavy atom. The number of nitrogens with zero attached hydrogens (tertiary/aromatic N) is 3. The van der Waals surface area contributed by atoms with Gasteiger partial charge in [-0.2, -0.15) is 0 Å². The molecule has 150 valence electrons. The van der Waals surface area contributed by atoms with E-state index >= 15 is 0 Å². The van der Waals surface area contributed by atoms with Crippen molar-refractivity contribution in [3.63, 3.8) is 0 Å². The van der Waals surface area contributed by atoms with E-state index in [1.54, 1.807) is 7.05 Å². The van der Waals surface area contributed by atoms with Crippen molar-refractivity contribution in [3.8, 4) is 0 Å². The van der Waals surface area contributed by atoms with Crippen LogP contribution >= 0.6 is 11.6 Å². The highest BCUT2D eigenvalue weighted by molar-refractivity contribution is 6.30. The number of rotatable bonds is 6. The molecular formula is C20H31ClN4O2. The zero-order chi connectivity index (χ0) is 20.0. The normalized spacial score (nSPS) is 16.2. The molecule has 0 bridgehead atoms.